The molecule has 0 atom stereocenters. The van der Waals surface area contributed by atoms with E-state index in [1.54, 1.807) is 6.07 Å². The fraction of sp³-hybridized carbons (Fsp3) is 0.333. The number of rotatable bonds is 4. The van der Waals surface area contributed by atoms with Gasteiger partial charge in [0.1, 0.15) is 11.5 Å². The summed E-state index contributed by atoms with van der Waals surface area (Å²) < 4.78 is 2.29. The van der Waals surface area contributed by atoms with Gasteiger partial charge in [-0.05, 0) is 59.6 Å². The predicted octanol–water partition coefficient (Wildman–Crippen LogP) is 4.47. The largest absolute Gasteiger partial charge is 0.508 e. The lowest BCUT2D eigenvalue weighted by Gasteiger charge is -2.14. The molecule has 0 fully saturated rings. The van der Waals surface area contributed by atoms with Crippen LogP contribution in [0.1, 0.15) is 43.4 Å². The molecule has 146 valence electrons. The van der Waals surface area contributed by atoms with E-state index in [0.29, 0.717) is 16.2 Å². The molecule has 3 aromatic rings. The summed E-state index contributed by atoms with van der Waals surface area (Å²) in [6, 6.07) is 9.46. The third-order valence-corrected chi connectivity index (χ3v) is 5.64. The zero-order valence-corrected chi connectivity index (χ0v) is 17.0. The van der Waals surface area contributed by atoms with Crippen molar-refractivity contribution >= 4 is 12.2 Å². The van der Waals surface area contributed by atoms with Crippen LogP contribution in [-0.4, -0.2) is 36.4 Å². The number of nitrogens with one attached hydrogen (secondary N) is 1. The summed E-state index contributed by atoms with van der Waals surface area (Å²) in [6.07, 6.45) is 0. The van der Waals surface area contributed by atoms with Crippen molar-refractivity contribution in [3.8, 4) is 28.6 Å². The van der Waals surface area contributed by atoms with Crippen molar-refractivity contribution in [3.63, 3.8) is 0 Å². The third-order valence-electron chi connectivity index (χ3n) is 5.36. The number of phenols is 2. The molecule has 1 aliphatic heterocycles. The first kappa shape index (κ1) is 18.7. The van der Waals surface area contributed by atoms with Crippen molar-refractivity contribution in [3.05, 3.63) is 51.8 Å². The average Bonchev–Trinajstić information content (AvgIpc) is 3.23. The van der Waals surface area contributed by atoms with E-state index < -0.39 is 0 Å². The number of hydrogen-bond donors (Lipinski definition) is 3. The van der Waals surface area contributed by atoms with Gasteiger partial charge in [0.25, 0.3) is 0 Å². The van der Waals surface area contributed by atoms with Crippen LogP contribution in [0.25, 0.3) is 17.1 Å². The summed E-state index contributed by atoms with van der Waals surface area (Å²) in [5.41, 5.74) is 4.80. The molecule has 0 saturated carbocycles. The van der Waals surface area contributed by atoms with Crippen LogP contribution in [0.2, 0.25) is 0 Å². The topological polar surface area (TPSA) is 77.3 Å². The molecule has 28 heavy (non-hydrogen) atoms. The Labute approximate surface area is 169 Å². The van der Waals surface area contributed by atoms with E-state index in [4.69, 9.17) is 12.2 Å². The molecule has 6 nitrogen and oxygen atoms in total. The molecule has 3 N–H and O–H groups in total. The summed E-state index contributed by atoms with van der Waals surface area (Å²) >= 11 is 5.49. The molecule has 0 unspecified atom stereocenters. The number of nitrogens with zero attached hydrogens (tertiary/aromatic N) is 3. The zero-order valence-electron chi connectivity index (χ0n) is 16.2. The molecule has 1 aliphatic rings. The van der Waals surface area contributed by atoms with E-state index in [0.717, 1.165) is 30.9 Å². The molecule has 4 rings (SSSR count). The second-order valence-electron chi connectivity index (χ2n) is 7.53. The fourth-order valence-corrected chi connectivity index (χ4v) is 4.00. The molecule has 2 heterocycles. The predicted molar refractivity (Wildman–Crippen MR) is 111 cm³/mol. The molecule has 0 bridgehead atoms. The number of fused-ring (bicyclic) bond motifs is 1. The van der Waals surface area contributed by atoms with E-state index in [1.807, 2.05) is 24.5 Å². The van der Waals surface area contributed by atoms with Crippen molar-refractivity contribution < 1.29 is 10.2 Å². The van der Waals surface area contributed by atoms with Gasteiger partial charge >= 0.3 is 0 Å². The van der Waals surface area contributed by atoms with Crippen molar-refractivity contribution in [2.75, 3.05) is 6.54 Å². The molecule has 7 heteroatoms. The first-order valence-corrected chi connectivity index (χ1v) is 9.88. The van der Waals surface area contributed by atoms with Crippen LogP contribution in [0.15, 0.2) is 30.3 Å². The van der Waals surface area contributed by atoms with Crippen LogP contribution in [0, 0.1) is 4.77 Å². The number of H-pyrrole nitrogens is 1. The Balaban J connectivity index is 1.85. The lowest BCUT2D eigenvalue weighted by Crippen LogP contribution is -2.14. The number of aromatic hydroxyl groups is 2. The van der Waals surface area contributed by atoms with Crippen LogP contribution < -0.4 is 0 Å². The average molecular weight is 397 g/mol. The van der Waals surface area contributed by atoms with Crippen LogP contribution in [0.3, 0.4) is 0 Å². The summed E-state index contributed by atoms with van der Waals surface area (Å²) in [5, 5.41) is 27.9. The second kappa shape index (κ2) is 7.07. The van der Waals surface area contributed by atoms with Gasteiger partial charge in [-0.15, -0.1) is 0 Å². The molecule has 0 aliphatic carbocycles. The number of hydrogen-bond acceptors (Lipinski definition) is 5. The first-order chi connectivity index (χ1) is 13.4. The fourth-order valence-electron chi connectivity index (χ4n) is 3.77. The van der Waals surface area contributed by atoms with Gasteiger partial charge in [0.2, 0.25) is 0 Å². The summed E-state index contributed by atoms with van der Waals surface area (Å²) in [4.78, 5) is 2.38. The summed E-state index contributed by atoms with van der Waals surface area (Å²) in [5.74, 6) is 0.675. The van der Waals surface area contributed by atoms with E-state index in [1.165, 1.54) is 17.2 Å². The van der Waals surface area contributed by atoms with Gasteiger partial charge in [-0.1, -0.05) is 26.8 Å². The molecular weight excluding hydrogens is 372 g/mol. The standard InChI is InChI=1S/C21H24N4O2S/c1-4-24-10-13-5-6-15(7-14(13)11-24)25-20(22-23-21(25)28)17-8-16(12(2)3)18(26)9-19(17)27/h5-9,12,26-27H,4,10-11H2,1-3H3,(H,23,28). The van der Waals surface area contributed by atoms with E-state index >= 15 is 0 Å². The van der Waals surface area contributed by atoms with Crippen LogP contribution in [0.5, 0.6) is 11.5 Å². The van der Waals surface area contributed by atoms with Gasteiger partial charge in [0.05, 0.1) is 11.3 Å². The minimum atomic E-state index is -0.0320. The number of aromatic amines is 1. The van der Waals surface area contributed by atoms with Crippen LogP contribution in [0.4, 0.5) is 0 Å². The van der Waals surface area contributed by atoms with Crippen molar-refractivity contribution in [1.82, 2.24) is 19.7 Å². The Hall–Kier alpha value is -2.64. The maximum atomic E-state index is 10.5. The van der Waals surface area contributed by atoms with Crippen LogP contribution in [-0.2, 0) is 13.1 Å². The lowest BCUT2D eigenvalue weighted by atomic mass is 9.98. The highest BCUT2D eigenvalue weighted by Gasteiger charge is 2.21. The first-order valence-electron chi connectivity index (χ1n) is 9.47. The maximum absolute atomic E-state index is 10.5. The highest BCUT2D eigenvalue weighted by Crippen LogP contribution is 2.38. The Morgan fingerprint density at radius 2 is 1.86 bits per heavy atom. The molecule has 0 saturated heterocycles. The zero-order chi connectivity index (χ0) is 20.0. The number of phenolic OH excluding ortho intramolecular Hbond substituents is 2. The van der Waals surface area contributed by atoms with E-state index in [-0.39, 0.29) is 17.4 Å². The normalized spacial score (nSPS) is 14.0. The summed E-state index contributed by atoms with van der Waals surface area (Å²) in [7, 11) is 0. The Morgan fingerprint density at radius 1 is 1.11 bits per heavy atom. The highest BCUT2D eigenvalue weighted by atomic mass is 32.1. The Bertz CT molecular complexity index is 1100. The molecule has 0 spiro atoms. The minimum absolute atomic E-state index is 0.0320. The molecule has 1 aromatic heterocycles. The Kier molecular flexibility index (Phi) is 4.72. The molecule has 0 radical (unpaired) electrons. The van der Waals surface area contributed by atoms with Gasteiger partial charge in [-0.2, -0.15) is 5.10 Å². The quantitative estimate of drug-likeness (QED) is 0.567. The lowest BCUT2D eigenvalue weighted by molar-refractivity contribution is 0.301. The molecule has 2 aromatic carbocycles. The van der Waals surface area contributed by atoms with Crippen molar-refractivity contribution in [2.24, 2.45) is 0 Å². The Morgan fingerprint density at radius 3 is 2.57 bits per heavy atom. The molecular formula is C21H24N4O2S. The van der Waals surface area contributed by atoms with Gasteiger partial charge in [-0.25, -0.2) is 0 Å². The SMILES string of the molecule is CCN1Cc2ccc(-n3c(-c4cc(C(C)C)c(O)cc4O)n[nH]c3=S)cc2C1. The van der Waals surface area contributed by atoms with Crippen molar-refractivity contribution in [1.29, 1.82) is 0 Å². The maximum Gasteiger partial charge on any atom is 0.200 e. The van der Waals surface area contributed by atoms with E-state index in [2.05, 4.69) is 34.2 Å². The van der Waals surface area contributed by atoms with Crippen LogP contribution >= 0.6 is 12.2 Å². The van der Waals surface area contributed by atoms with Gasteiger partial charge < -0.3 is 10.2 Å². The number of aromatic nitrogens is 3. The molecule has 0 amide bonds. The van der Waals surface area contributed by atoms with E-state index in [9.17, 15) is 10.2 Å². The smallest absolute Gasteiger partial charge is 0.200 e. The second-order valence-corrected chi connectivity index (χ2v) is 7.91. The van der Waals surface area contributed by atoms with Gasteiger partial charge in [0, 0.05) is 19.2 Å². The van der Waals surface area contributed by atoms with Crippen molar-refractivity contribution in [2.45, 2.75) is 39.8 Å². The minimum Gasteiger partial charge on any atom is -0.508 e. The number of benzene rings is 2. The van der Waals surface area contributed by atoms with Gasteiger partial charge in [-0.3, -0.25) is 14.6 Å². The highest BCUT2D eigenvalue weighted by molar-refractivity contribution is 7.71. The summed E-state index contributed by atoms with van der Waals surface area (Å²) in [6.45, 7) is 9.05. The van der Waals surface area contributed by atoms with Gasteiger partial charge in [0.15, 0.2) is 10.6 Å². The monoisotopic (exact) mass is 396 g/mol. The third kappa shape index (κ3) is 3.10.